The lowest BCUT2D eigenvalue weighted by atomic mass is 10.0. The van der Waals surface area contributed by atoms with Gasteiger partial charge in [-0.05, 0) is 44.0 Å². The van der Waals surface area contributed by atoms with Crippen molar-refractivity contribution in [3.05, 3.63) is 50.9 Å². The molecule has 32 heavy (non-hydrogen) atoms. The summed E-state index contributed by atoms with van der Waals surface area (Å²) in [6.07, 6.45) is -9.70. The molecule has 2 amide bonds. The molecule has 1 aromatic heterocycles. The molecule has 1 aliphatic heterocycles. The summed E-state index contributed by atoms with van der Waals surface area (Å²) in [5.41, 5.74) is 2.08. The van der Waals surface area contributed by atoms with Gasteiger partial charge in [-0.3, -0.25) is 14.5 Å². The lowest BCUT2D eigenvalue weighted by molar-refractivity contribution is -0.143. The van der Waals surface area contributed by atoms with Gasteiger partial charge in [0.25, 0.3) is 11.8 Å². The number of alkyl halides is 6. The topological polar surface area (TPSA) is 75.4 Å². The predicted octanol–water partition coefficient (Wildman–Crippen LogP) is 4.90. The predicted molar refractivity (Wildman–Crippen MR) is 106 cm³/mol. The molecule has 0 saturated heterocycles. The lowest BCUT2D eigenvalue weighted by Gasteiger charge is -2.30. The maximum Gasteiger partial charge on any atom is 0.416 e. The van der Waals surface area contributed by atoms with E-state index in [-0.39, 0.29) is 22.7 Å². The molecular formula is C20H19F6N3O2S. The van der Waals surface area contributed by atoms with Crippen molar-refractivity contribution in [3.63, 3.8) is 0 Å². The molecule has 3 N–H and O–H groups in total. The summed E-state index contributed by atoms with van der Waals surface area (Å²) in [5.74, 6) is -2.04. The van der Waals surface area contributed by atoms with Crippen LogP contribution < -0.4 is 11.1 Å². The van der Waals surface area contributed by atoms with Crippen LogP contribution in [0.2, 0.25) is 0 Å². The molecular weight excluding hydrogens is 460 g/mol. The first-order valence-corrected chi connectivity index (χ1v) is 10.3. The minimum Gasteiger partial charge on any atom is -0.365 e. The second kappa shape index (κ2) is 8.39. The van der Waals surface area contributed by atoms with Gasteiger partial charge in [0, 0.05) is 29.6 Å². The number of anilines is 1. The van der Waals surface area contributed by atoms with Gasteiger partial charge in [0.05, 0.1) is 16.7 Å². The fourth-order valence-corrected chi connectivity index (χ4v) is 4.75. The number of primary amides is 1. The fraction of sp³-hybridized carbons (Fsp3) is 0.400. The highest BCUT2D eigenvalue weighted by molar-refractivity contribution is 7.17. The summed E-state index contributed by atoms with van der Waals surface area (Å²) < 4.78 is 78.5. The van der Waals surface area contributed by atoms with Crippen molar-refractivity contribution in [2.45, 2.75) is 45.2 Å². The standard InChI is InChI=1S/C20H19F6N3O2S/c1-9(2)29-4-3-13-14(8-29)32-18(15(13)16(27)30)28-17(31)10-5-11(19(21,22)23)7-12(6-10)20(24,25)26/h5-7,9H,3-4,8H2,1-2H3,(H2,27,30)(H,28,31). The maximum absolute atomic E-state index is 13.1. The molecule has 0 atom stereocenters. The van der Waals surface area contributed by atoms with Crippen LogP contribution >= 0.6 is 11.3 Å². The van der Waals surface area contributed by atoms with E-state index in [9.17, 15) is 35.9 Å². The number of thiophene rings is 1. The number of nitrogens with one attached hydrogen (secondary N) is 1. The number of hydrogen-bond donors (Lipinski definition) is 2. The third kappa shape index (κ3) is 4.90. The summed E-state index contributed by atoms with van der Waals surface area (Å²) in [4.78, 5) is 27.5. The molecule has 2 heterocycles. The Hall–Kier alpha value is -2.60. The van der Waals surface area contributed by atoms with E-state index in [0.717, 1.165) is 16.2 Å². The first-order chi connectivity index (χ1) is 14.7. The average Bonchev–Trinajstić information content (AvgIpc) is 3.03. The van der Waals surface area contributed by atoms with Crippen LogP contribution in [0.4, 0.5) is 31.3 Å². The number of halogens is 6. The first kappa shape index (κ1) is 24.1. The molecule has 0 fully saturated rings. The van der Waals surface area contributed by atoms with Crippen LogP contribution in [-0.2, 0) is 25.3 Å². The molecule has 0 radical (unpaired) electrons. The fourth-order valence-electron chi connectivity index (χ4n) is 3.47. The molecule has 5 nitrogen and oxygen atoms in total. The van der Waals surface area contributed by atoms with Crippen LogP contribution in [0.15, 0.2) is 18.2 Å². The SMILES string of the molecule is CC(C)N1CCc2c(sc(NC(=O)c3cc(C(F)(F)F)cc(C(F)(F)F)c3)c2C(N)=O)C1. The van der Waals surface area contributed by atoms with Gasteiger partial charge < -0.3 is 11.1 Å². The Balaban J connectivity index is 2.00. The largest absolute Gasteiger partial charge is 0.416 e. The minimum atomic E-state index is -5.09. The van der Waals surface area contributed by atoms with Gasteiger partial charge in [-0.15, -0.1) is 11.3 Å². The molecule has 0 aliphatic carbocycles. The molecule has 174 valence electrons. The van der Waals surface area contributed by atoms with Crippen LogP contribution in [0.25, 0.3) is 0 Å². The van der Waals surface area contributed by atoms with Gasteiger partial charge in [-0.1, -0.05) is 0 Å². The van der Waals surface area contributed by atoms with Gasteiger partial charge in [-0.2, -0.15) is 26.3 Å². The van der Waals surface area contributed by atoms with Crippen molar-refractivity contribution in [1.82, 2.24) is 4.90 Å². The number of nitrogens with two attached hydrogens (primary N) is 1. The number of amides is 2. The third-order valence-corrected chi connectivity index (χ3v) is 6.27. The highest BCUT2D eigenvalue weighted by Gasteiger charge is 2.38. The summed E-state index contributed by atoms with van der Waals surface area (Å²) in [6.45, 7) is 5.09. The second-order valence-electron chi connectivity index (χ2n) is 7.64. The molecule has 1 aromatic carbocycles. The van der Waals surface area contributed by atoms with Crippen molar-refractivity contribution in [1.29, 1.82) is 0 Å². The van der Waals surface area contributed by atoms with Gasteiger partial charge in [0.2, 0.25) is 0 Å². The van der Waals surface area contributed by atoms with E-state index >= 15 is 0 Å². The van der Waals surface area contributed by atoms with Crippen LogP contribution in [0.3, 0.4) is 0 Å². The van der Waals surface area contributed by atoms with E-state index in [1.54, 1.807) is 0 Å². The lowest BCUT2D eigenvalue weighted by Crippen LogP contribution is -2.35. The molecule has 0 unspecified atom stereocenters. The monoisotopic (exact) mass is 479 g/mol. The summed E-state index contributed by atoms with van der Waals surface area (Å²) in [6, 6.07) is 0.826. The normalized spacial score (nSPS) is 15.0. The number of benzene rings is 1. The Kier molecular flexibility index (Phi) is 6.31. The number of carbonyl (C=O) groups excluding carboxylic acids is 2. The first-order valence-electron chi connectivity index (χ1n) is 9.47. The Morgan fingerprint density at radius 1 is 1.06 bits per heavy atom. The number of nitrogens with zero attached hydrogens (tertiary/aromatic N) is 1. The van der Waals surface area contributed by atoms with Gasteiger partial charge in [0.1, 0.15) is 5.00 Å². The molecule has 0 spiro atoms. The van der Waals surface area contributed by atoms with Gasteiger partial charge in [-0.25, -0.2) is 0 Å². The van der Waals surface area contributed by atoms with E-state index in [2.05, 4.69) is 10.2 Å². The molecule has 0 bridgehead atoms. The van der Waals surface area contributed by atoms with Gasteiger partial charge >= 0.3 is 12.4 Å². The molecule has 12 heteroatoms. The zero-order valence-corrected chi connectivity index (χ0v) is 17.8. The Morgan fingerprint density at radius 3 is 2.09 bits per heavy atom. The average molecular weight is 479 g/mol. The van der Waals surface area contributed by atoms with Crippen LogP contribution in [0.5, 0.6) is 0 Å². The molecule has 3 rings (SSSR count). The molecule has 0 saturated carbocycles. The second-order valence-corrected chi connectivity index (χ2v) is 8.74. The summed E-state index contributed by atoms with van der Waals surface area (Å²) in [7, 11) is 0. The van der Waals surface area contributed by atoms with Crippen molar-refractivity contribution in [2.75, 3.05) is 11.9 Å². The van der Waals surface area contributed by atoms with Crippen molar-refractivity contribution >= 4 is 28.2 Å². The zero-order chi connectivity index (χ0) is 24.0. The maximum atomic E-state index is 13.1. The molecule has 2 aromatic rings. The zero-order valence-electron chi connectivity index (χ0n) is 16.9. The van der Waals surface area contributed by atoms with Crippen molar-refractivity contribution in [2.24, 2.45) is 5.73 Å². The third-order valence-electron chi connectivity index (χ3n) is 5.14. The highest BCUT2D eigenvalue weighted by atomic mass is 32.1. The van der Waals surface area contributed by atoms with Gasteiger partial charge in [0.15, 0.2) is 0 Å². The number of rotatable bonds is 4. The van der Waals surface area contributed by atoms with Crippen LogP contribution in [0, 0.1) is 0 Å². The van der Waals surface area contributed by atoms with Crippen molar-refractivity contribution in [3.8, 4) is 0 Å². The number of fused-ring (bicyclic) bond motifs is 1. The van der Waals surface area contributed by atoms with E-state index in [4.69, 9.17) is 5.73 Å². The summed E-state index contributed by atoms with van der Waals surface area (Å²) in [5, 5.41) is 2.30. The molecule has 1 aliphatic rings. The van der Waals surface area contributed by atoms with Crippen LogP contribution in [-0.4, -0.2) is 29.3 Å². The number of hydrogen-bond acceptors (Lipinski definition) is 4. The van der Waals surface area contributed by atoms with E-state index in [0.29, 0.717) is 37.2 Å². The Bertz CT molecular complexity index is 1030. The van der Waals surface area contributed by atoms with Crippen molar-refractivity contribution < 1.29 is 35.9 Å². The summed E-state index contributed by atoms with van der Waals surface area (Å²) >= 11 is 1.04. The quantitative estimate of drug-likeness (QED) is 0.613. The Labute approximate surface area is 183 Å². The number of carbonyl (C=O) groups is 2. The minimum absolute atomic E-state index is 0.00377. The smallest absolute Gasteiger partial charge is 0.365 e. The van der Waals surface area contributed by atoms with Crippen LogP contribution in [0.1, 0.15) is 56.1 Å². The highest BCUT2D eigenvalue weighted by Crippen LogP contribution is 2.39. The van der Waals surface area contributed by atoms with E-state index in [1.165, 1.54) is 0 Å². The van der Waals surface area contributed by atoms with E-state index < -0.39 is 40.9 Å². The van der Waals surface area contributed by atoms with E-state index in [1.807, 2.05) is 13.8 Å². The Morgan fingerprint density at radius 2 is 1.62 bits per heavy atom.